The van der Waals surface area contributed by atoms with Crippen molar-refractivity contribution in [3.63, 3.8) is 0 Å². The molecule has 0 fully saturated rings. The maximum absolute atomic E-state index is 11.9. The minimum atomic E-state index is -4.65. The van der Waals surface area contributed by atoms with Crippen molar-refractivity contribution in [3.8, 4) is 0 Å². The normalized spacial score (nSPS) is 14.7. The van der Waals surface area contributed by atoms with Crippen LogP contribution in [0.1, 0.15) is 65.2 Å². The van der Waals surface area contributed by atoms with Crippen LogP contribution >= 0.6 is 7.82 Å². The third-order valence-corrected chi connectivity index (χ3v) is 3.96. The van der Waals surface area contributed by atoms with Gasteiger partial charge in [0.05, 0.1) is 18.8 Å². The average Bonchev–Trinajstić information content (AvgIpc) is 2.50. The monoisotopic (exact) mass is 365 g/mol. The van der Waals surface area contributed by atoms with Gasteiger partial charge in [0, 0.05) is 6.42 Å². The van der Waals surface area contributed by atoms with Gasteiger partial charge in [0.1, 0.15) is 0 Å². The number of unbranched alkanes of at least 4 members (excludes halogenated alkanes) is 5. The Kier molecular flexibility index (Phi) is 13.2. The summed E-state index contributed by atoms with van der Waals surface area (Å²) in [5, 5.41) is 12.7. The van der Waals surface area contributed by atoms with Crippen LogP contribution in [0.15, 0.2) is 12.2 Å². The van der Waals surface area contributed by atoms with E-state index in [1.807, 2.05) is 6.92 Å². The van der Waals surface area contributed by atoms with Gasteiger partial charge in [-0.25, -0.2) is 4.57 Å². The minimum Gasteiger partial charge on any atom is -0.387 e. The summed E-state index contributed by atoms with van der Waals surface area (Å²) < 4.78 is 15.3. The molecule has 1 amide bonds. The Hall–Kier alpha value is -0.720. The molecule has 0 aromatic carbocycles. The third-order valence-electron chi connectivity index (χ3n) is 3.48. The lowest BCUT2D eigenvalue weighted by Crippen LogP contribution is -2.45. The summed E-state index contributed by atoms with van der Waals surface area (Å²) in [6.45, 7) is 3.65. The molecule has 0 aliphatic carbocycles. The number of phosphoric ester groups is 1. The summed E-state index contributed by atoms with van der Waals surface area (Å²) in [6, 6.07) is -0.895. The van der Waals surface area contributed by atoms with Crippen molar-refractivity contribution >= 4 is 13.7 Å². The van der Waals surface area contributed by atoms with Crippen LogP contribution in [0, 0.1) is 0 Å². The lowest BCUT2D eigenvalue weighted by atomic mass is 10.1. The Morgan fingerprint density at radius 1 is 1.17 bits per heavy atom. The predicted molar refractivity (Wildman–Crippen MR) is 93.4 cm³/mol. The number of aliphatic hydroxyl groups excluding tert-OH is 1. The fourth-order valence-electron chi connectivity index (χ4n) is 2.11. The Balaban J connectivity index is 4.45. The predicted octanol–water partition coefficient (Wildman–Crippen LogP) is 2.66. The SMILES string of the molecule is CCC/C=C/[C@H](O)[C@@H](COP(=O)(O)O)NC(=O)CCCCCCC. The van der Waals surface area contributed by atoms with Crippen LogP contribution in [0.4, 0.5) is 0 Å². The second-order valence-electron chi connectivity index (χ2n) is 5.83. The standard InChI is InChI=1S/C16H32NO6P/c1-3-5-7-8-10-12-16(19)17-14(13-23-24(20,21)22)15(18)11-9-6-4-2/h9,11,14-15,18H,3-8,10,12-13H2,1-2H3,(H,17,19)(H2,20,21,22)/b11-9+/t14-,15+/m1/s1. The van der Waals surface area contributed by atoms with Gasteiger partial charge in [0.2, 0.25) is 5.91 Å². The maximum atomic E-state index is 11.9. The van der Waals surface area contributed by atoms with Crippen molar-refractivity contribution in [3.05, 3.63) is 12.2 Å². The number of rotatable bonds is 14. The highest BCUT2D eigenvalue weighted by Gasteiger charge is 2.24. The smallest absolute Gasteiger partial charge is 0.387 e. The van der Waals surface area contributed by atoms with E-state index < -0.39 is 26.6 Å². The molecule has 0 radical (unpaired) electrons. The van der Waals surface area contributed by atoms with Gasteiger partial charge in [-0.2, -0.15) is 0 Å². The van der Waals surface area contributed by atoms with E-state index in [-0.39, 0.29) is 5.91 Å². The summed E-state index contributed by atoms with van der Waals surface area (Å²) in [5.41, 5.74) is 0. The number of carbonyl (C=O) groups is 1. The van der Waals surface area contributed by atoms with Gasteiger partial charge >= 0.3 is 7.82 Å². The van der Waals surface area contributed by atoms with Gasteiger partial charge in [-0.3, -0.25) is 9.32 Å². The molecule has 0 saturated carbocycles. The molecule has 8 heteroatoms. The number of phosphoric acid groups is 1. The van der Waals surface area contributed by atoms with Crippen LogP contribution in [0.2, 0.25) is 0 Å². The van der Waals surface area contributed by atoms with Crippen LogP contribution in [-0.2, 0) is 13.9 Å². The van der Waals surface area contributed by atoms with Crippen molar-refractivity contribution in [2.75, 3.05) is 6.61 Å². The highest BCUT2D eigenvalue weighted by molar-refractivity contribution is 7.46. The summed E-state index contributed by atoms with van der Waals surface area (Å²) in [6.07, 6.45) is 9.29. The molecule has 0 rings (SSSR count). The number of hydrogen-bond donors (Lipinski definition) is 4. The van der Waals surface area contributed by atoms with Crippen LogP contribution in [0.25, 0.3) is 0 Å². The average molecular weight is 365 g/mol. The van der Waals surface area contributed by atoms with Crippen LogP contribution in [0.3, 0.4) is 0 Å². The molecule has 7 nitrogen and oxygen atoms in total. The van der Waals surface area contributed by atoms with Gasteiger partial charge in [-0.1, -0.05) is 58.1 Å². The fourth-order valence-corrected chi connectivity index (χ4v) is 2.46. The molecule has 2 atom stereocenters. The number of allylic oxidation sites excluding steroid dienone is 1. The molecule has 0 saturated heterocycles. The van der Waals surface area contributed by atoms with E-state index in [0.29, 0.717) is 6.42 Å². The highest BCUT2D eigenvalue weighted by atomic mass is 31.2. The van der Waals surface area contributed by atoms with Crippen molar-refractivity contribution in [2.45, 2.75) is 77.4 Å². The first-order valence-corrected chi connectivity index (χ1v) is 10.2. The maximum Gasteiger partial charge on any atom is 0.469 e. The van der Waals surface area contributed by atoms with Gasteiger partial charge in [-0.05, 0) is 12.8 Å². The van der Waals surface area contributed by atoms with E-state index in [2.05, 4.69) is 16.8 Å². The van der Waals surface area contributed by atoms with Gasteiger partial charge in [-0.15, -0.1) is 0 Å². The molecular weight excluding hydrogens is 333 g/mol. The van der Waals surface area contributed by atoms with Gasteiger partial charge in [0.15, 0.2) is 0 Å². The minimum absolute atomic E-state index is 0.256. The second kappa shape index (κ2) is 13.6. The Bertz CT molecular complexity index is 409. The number of nitrogens with one attached hydrogen (secondary N) is 1. The lowest BCUT2D eigenvalue weighted by molar-refractivity contribution is -0.123. The number of aliphatic hydroxyl groups is 1. The van der Waals surface area contributed by atoms with Crippen molar-refractivity contribution in [1.29, 1.82) is 0 Å². The molecule has 4 N–H and O–H groups in total. The molecule has 0 heterocycles. The van der Waals surface area contributed by atoms with Gasteiger partial charge in [0.25, 0.3) is 0 Å². The summed E-state index contributed by atoms with van der Waals surface area (Å²) in [4.78, 5) is 29.5. The first kappa shape index (κ1) is 23.3. The van der Waals surface area contributed by atoms with E-state index >= 15 is 0 Å². The summed E-state index contributed by atoms with van der Waals surface area (Å²) in [5.74, 6) is -0.256. The number of carbonyl (C=O) groups excluding carboxylic acids is 1. The highest BCUT2D eigenvalue weighted by Crippen LogP contribution is 2.35. The van der Waals surface area contributed by atoms with Crippen LogP contribution in [-0.4, -0.2) is 39.6 Å². The molecule has 0 aliphatic heterocycles. The lowest BCUT2D eigenvalue weighted by Gasteiger charge is -2.22. The second-order valence-corrected chi connectivity index (χ2v) is 7.07. The Labute approximate surface area is 144 Å². The molecule has 0 bridgehead atoms. The van der Waals surface area contributed by atoms with E-state index in [1.165, 1.54) is 6.08 Å². The molecule has 24 heavy (non-hydrogen) atoms. The Morgan fingerprint density at radius 2 is 1.83 bits per heavy atom. The summed E-state index contributed by atoms with van der Waals surface area (Å²) in [7, 11) is -4.65. The zero-order valence-electron chi connectivity index (χ0n) is 14.7. The topological polar surface area (TPSA) is 116 Å². The van der Waals surface area contributed by atoms with E-state index in [9.17, 15) is 14.5 Å². The van der Waals surface area contributed by atoms with E-state index in [1.54, 1.807) is 6.08 Å². The van der Waals surface area contributed by atoms with Crippen LogP contribution in [0.5, 0.6) is 0 Å². The zero-order chi connectivity index (χ0) is 18.4. The molecular formula is C16H32NO6P. The number of amides is 1. The first-order valence-electron chi connectivity index (χ1n) is 8.64. The molecule has 0 spiro atoms. The third kappa shape index (κ3) is 13.7. The zero-order valence-corrected chi connectivity index (χ0v) is 15.6. The largest absolute Gasteiger partial charge is 0.469 e. The first-order chi connectivity index (χ1) is 11.3. The van der Waals surface area contributed by atoms with Gasteiger partial charge < -0.3 is 20.2 Å². The molecule has 142 valence electrons. The van der Waals surface area contributed by atoms with Crippen molar-refractivity contribution in [1.82, 2.24) is 5.32 Å². The van der Waals surface area contributed by atoms with E-state index in [4.69, 9.17) is 9.79 Å². The van der Waals surface area contributed by atoms with Crippen LogP contribution < -0.4 is 5.32 Å². The molecule has 0 aromatic heterocycles. The quantitative estimate of drug-likeness (QED) is 0.214. The van der Waals surface area contributed by atoms with E-state index in [0.717, 1.165) is 44.9 Å². The molecule has 0 aliphatic rings. The fraction of sp³-hybridized carbons (Fsp3) is 0.812. The molecule has 0 aromatic rings. The summed E-state index contributed by atoms with van der Waals surface area (Å²) >= 11 is 0. The van der Waals surface area contributed by atoms with Crippen molar-refractivity contribution in [2.24, 2.45) is 0 Å². The number of hydrogen-bond acceptors (Lipinski definition) is 4. The Morgan fingerprint density at radius 3 is 2.42 bits per heavy atom. The van der Waals surface area contributed by atoms with Crippen molar-refractivity contribution < 1.29 is 28.8 Å². The molecule has 0 unspecified atom stereocenters.